The highest BCUT2D eigenvalue weighted by atomic mass is 16.5. The Hall–Kier alpha value is -1.06. The van der Waals surface area contributed by atoms with Gasteiger partial charge in [0.05, 0.1) is 19.1 Å². The fourth-order valence-corrected chi connectivity index (χ4v) is 4.15. The molecule has 0 aromatic carbocycles. The molecule has 1 atom stereocenters. The van der Waals surface area contributed by atoms with Gasteiger partial charge in [-0.15, -0.1) is 0 Å². The van der Waals surface area contributed by atoms with E-state index >= 15 is 0 Å². The van der Waals surface area contributed by atoms with E-state index in [0.29, 0.717) is 31.5 Å². The predicted octanol–water partition coefficient (Wildman–Crippen LogP) is 9.43. The van der Waals surface area contributed by atoms with E-state index in [2.05, 4.69) is 27.7 Å². The molecule has 0 rings (SSSR count). The summed E-state index contributed by atoms with van der Waals surface area (Å²) in [5.74, 6) is 1.20. The zero-order chi connectivity index (χ0) is 26.2. The Morgan fingerprint density at radius 2 is 0.857 bits per heavy atom. The number of hydrogen-bond donors (Lipinski definition) is 0. The van der Waals surface area contributed by atoms with E-state index < -0.39 is 0 Å². The minimum Gasteiger partial charge on any atom is -0.466 e. The maximum Gasteiger partial charge on any atom is 0.308 e. The molecule has 0 bridgehead atoms. The van der Waals surface area contributed by atoms with Crippen LogP contribution in [0, 0.1) is 17.8 Å². The third kappa shape index (κ3) is 25.8. The Balaban J connectivity index is 3.27. The summed E-state index contributed by atoms with van der Waals surface area (Å²) in [4.78, 5) is 23.6. The summed E-state index contributed by atoms with van der Waals surface area (Å²) < 4.78 is 10.6. The van der Waals surface area contributed by atoms with Gasteiger partial charge < -0.3 is 9.47 Å². The summed E-state index contributed by atoms with van der Waals surface area (Å²) in [5.41, 5.74) is 0. The van der Waals surface area contributed by atoms with Crippen molar-refractivity contribution in [3.05, 3.63) is 0 Å². The largest absolute Gasteiger partial charge is 0.466 e. The molecule has 0 amide bonds. The molecule has 1 unspecified atom stereocenters. The molecule has 0 fully saturated rings. The first kappa shape index (κ1) is 33.9. The zero-order valence-electron chi connectivity index (χ0n) is 24.2. The number of unbranched alkanes of at least 4 members (excludes halogenated alkanes) is 14. The Morgan fingerprint density at radius 1 is 0.486 bits per heavy atom. The Bertz CT molecular complexity index is 486. The molecule has 0 aromatic rings. The van der Waals surface area contributed by atoms with Crippen molar-refractivity contribution in [2.75, 3.05) is 13.2 Å². The molecular formula is C31H60O4. The molecule has 0 saturated carbocycles. The van der Waals surface area contributed by atoms with Crippen molar-refractivity contribution in [1.82, 2.24) is 0 Å². The van der Waals surface area contributed by atoms with E-state index in [1.54, 1.807) is 0 Å². The van der Waals surface area contributed by atoms with Crippen LogP contribution in [0.15, 0.2) is 0 Å². The van der Waals surface area contributed by atoms with Crippen LogP contribution in [0.5, 0.6) is 0 Å². The van der Waals surface area contributed by atoms with E-state index in [1.165, 1.54) is 77.0 Å². The lowest BCUT2D eigenvalue weighted by atomic mass is 10.0. The SMILES string of the molecule is CC(C)CCOC(=O)CCCCCCCCCCCCCCCCCC(C)C(=O)OCCC(C)C. The van der Waals surface area contributed by atoms with Crippen LogP contribution in [-0.2, 0) is 19.1 Å². The van der Waals surface area contributed by atoms with Crippen LogP contribution in [0.25, 0.3) is 0 Å². The maximum atomic E-state index is 11.9. The lowest BCUT2D eigenvalue weighted by molar-refractivity contribution is -0.148. The lowest BCUT2D eigenvalue weighted by Crippen LogP contribution is -2.16. The van der Waals surface area contributed by atoms with Gasteiger partial charge in [-0.3, -0.25) is 9.59 Å². The Labute approximate surface area is 218 Å². The van der Waals surface area contributed by atoms with Crippen molar-refractivity contribution in [1.29, 1.82) is 0 Å². The molecule has 0 spiro atoms. The van der Waals surface area contributed by atoms with Gasteiger partial charge in [0.25, 0.3) is 0 Å². The minimum absolute atomic E-state index is 0.0138. The first-order valence-electron chi connectivity index (χ1n) is 15.1. The second-order valence-electron chi connectivity index (χ2n) is 11.5. The van der Waals surface area contributed by atoms with Crippen LogP contribution in [0.2, 0.25) is 0 Å². The Kier molecular flexibility index (Phi) is 23.9. The molecule has 35 heavy (non-hydrogen) atoms. The summed E-state index contributed by atoms with van der Waals surface area (Å²) in [6.45, 7) is 11.8. The monoisotopic (exact) mass is 496 g/mol. The second-order valence-corrected chi connectivity index (χ2v) is 11.5. The van der Waals surface area contributed by atoms with Gasteiger partial charge >= 0.3 is 11.9 Å². The van der Waals surface area contributed by atoms with Crippen LogP contribution in [0.4, 0.5) is 0 Å². The van der Waals surface area contributed by atoms with Crippen molar-refractivity contribution in [3.63, 3.8) is 0 Å². The molecule has 0 aliphatic rings. The van der Waals surface area contributed by atoms with E-state index in [4.69, 9.17) is 9.47 Å². The van der Waals surface area contributed by atoms with E-state index in [0.717, 1.165) is 38.5 Å². The van der Waals surface area contributed by atoms with Crippen LogP contribution < -0.4 is 0 Å². The number of ether oxygens (including phenoxy) is 2. The summed E-state index contributed by atoms with van der Waals surface area (Å²) >= 11 is 0. The average molecular weight is 497 g/mol. The van der Waals surface area contributed by atoms with Crippen molar-refractivity contribution >= 4 is 11.9 Å². The first-order chi connectivity index (χ1) is 16.8. The van der Waals surface area contributed by atoms with Crippen LogP contribution in [0.3, 0.4) is 0 Å². The molecule has 0 saturated heterocycles. The number of carbonyl (C=O) groups excluding carboxylic acids is 2. The van der Waals surface area contributed by atoms with Gasteiger partial charge in [0.15, 0.2) is 0 Å². The molecule has 4 heteroatoms. The topological polar surface area (TPSA) is 52.6 Å². The number of esters is 2. The van der Waals surface area contributed by atoms with Crippen LogP contribution in [-0.4, -0.2) is 25.2 Å². The number of rotatable bonds is 25. The predicted molar refractivity (Wildman–Crippen MR) is 148 cm³/mol. The number of hydrogen-bond acceptors (Lipinski definition) is 4. The quantitative estimate of drug-likeness (QED) is 0.0932. The normalized spacial score (nSPS) is 12.3. The van der Waals surface area contributed by atoms with Crippen molar-refractivity contribution in [2.24, 2.45) is 17.8 Å². The molecule has 208 valence electrons. The van der Waals surface area contributed by atoms with Crippen molar-refractivity contribution in [2.45, 2.75) is 157 Å². The molecular weight excluding hydrogens is 436 g/mol. The van der Waals surface area contributed by atoms with Crippen LogP contribution >= 0.6 is 0 Å². The van der Waals surface area contributed by atoms with Gasteiger partial charge in [-0.25, -0.2) is 0 Å². The minimum atomic E-state index is -0.0188. The van der Waals surface area contributed by atoms with Gasteiger partial charge in [-0.2, -0.15) is 0 Å². The van der Waals surface area contributed by atoms with E-state index in [1.807, 2.05) is 6.92 Å². The Morgan fingerprint density at radius 3 is 1.29 bits per heavy atom. The molecule has 4 nitrogen and oxygen atoms in total. The van der Waals surface area contributed by atoms with Crippen molar-refractivity contribution < 1.29 is 19.1 Å². The average Bonchev–Trinajstić information content (AvgIpc) is 2.80. The van der Waals surface area contributed by atoms with Gasteiger partial charge in [0.2, 0.25) is 0 Å². The van der Waals surface area contributed by atoms with Gasteiger partial charge in [-0.05, 0) is 37.5 Å². The first-order valence-corrected chi connectivity index (χ1v) is 15.1. The van der Waals surface area contributed by atoms with Gasteiger partial charge in [-0.1, -0.05) is 125 Å². The highest BCUT2D eigenvalue weighted by Gasteiger charge is 2.13. The summed E-state index contributed by atoms with van der Waals surface area (Å²) in [6.07, 6.45) is 22.7. The van der Waals surface area contributed by atoms with Crippen molar-refractivity contribution in [3.8, 4) is 0 Å². The maximum absolute atomic E-state index is 11.9. The molecule has 0 N–H and O–H groups in total. The smallest absolute Gasteiger partial charge is 0.308 e. The molecule has 0 aromatic heterocycles. The van der Waals surface area contributed by atoms with Gasteiger partial charge in [0.1, 0.15) is 0 Å². The highest BCUT2D eigenvalue weighted by Crippen LogP contribution is 2.16. The molecule has 0 aliphatic heterocycles. The molecule has 0 aliphatic carbocycles. The van der Waals surface area contributed by atoms with Gasteiger partial charge in [0, 0.05) is 6.42 Å². The second kappa shape index (κ2) is 24.6. The fourth-order valence-electron chi connectivity index (χ4n) is 4.15. The summed E-state index contributed by atoms with van der Waals surface area (Å²) in [7, 11) is 0. The molecule has 0 radical (unpaired) electrons. The fraction of sp³-hybridized carbons (Fsp3) is 0.935. The summed E-state index contributed by atoms with van der Waals surface area (Å²) in [5, 5.41) is 0. The standard InChI is InChI=1S/C31H60O4/c1-27(2)23-25-34-30(32)22-20-18-16-14-12-10-8-6-7-9-11-13-15-17-19-21-29(5)31(33)35-26-24-28(3)4/h27-29H,6-26H2,1-5H3. The molecule has 0 heterocycles. The third-order valence-corrected chi connectivity index (χ3v) is 6.82. The zero-order valence-corrected chi connectivity index (χ0v) is 24.2. The van der Waals surface area contributed by atoms with E-state index in [9.17, 15) is 9.59 Å². The summed E-state index contributed by atoms with van der Waals surface area (Å²) in [6, 6.07) is 0. The van der Waals surface area contributed by atoms with Crippen LogP contribution in [0.1, 0.15) is 157 Å². The number of carbonyl (C=O) groups is 2. The lowest BCUT2D eigenvalue weighted by Gasteiger charge is -2.12. The van der Waals surface area contributed by atoms with E-state index in [-0.39, 0.29) is 17.9 Å². The third-order valence-electron chi connectivity index (χ3n) is 6.82. The highest BCUT2D eigenvalue weighted by molar-refractivity contribution is 5.71.